The van der Waals surface area contributed by atoms with Crippen molar-refractivity contribution in [1.29, 1.82) is 0 Å². The number of ketones is 1. The number of thioether (sulfide) groups is 1. The number of hydrogen-bond acceptors (Lipinski definition) is 9. The first-order valence-corrected chi connectivity index (χ1v) is 13.4. The molecule has 34 heavy (non-hydrogen) atoms. The smallest absolute Gasteiger partial charge is 0.258 e. The monoisotopic (exact) mass is 486 g/mol. The molecule has 182 valence electrons. The van der Waals surface area contributed by atoms with E-state index in [9.17, 15) is 19.5 Å². The Labute approximate surface area is 202 Å². The van der Waals surface area contributed by atoms with E-state index in [1.807, 2.05) is 0 Å². The third kappa shape index (κ3) is 4.08. The van der Waals surface area contributed by atoms with Gasteiger partial charge in [-0.3, -0.25) is 14.4 Å². The van der Waals surface area contributed by atoms with E-state index in [0.717, 1.165) is 63.1 Å². The van der Waals surface area contributed by atoms with Gasteiger partial charge in [0, 0.05) is 18.0 Å². The van der Waals surface area contributed by atoms with E-state index in [1.54, 1.807) is 0 Å². The standard InChI is InChI=1S/C24H30N4O5S/c29-19-17(4-5-34-22(19)31)26-23-25-11-16(21(28-23)33-15-2-1-3-15)20(30)27-18-13-6-12-7-14(18)10-24(32,8-12)9-13/h11-15,17-18,32H,1-10H2,(H,27,30)(H,25,26,28). The highest BCUT2D eigenvalue weighted by atomic mass is 32.2. The molecule has 7 rings (SSSR count). The summed E-state index contributed by atoms with van der Waals surface area (Å²) in [4.78, 5) is 46.0. The summed E-state index contributed by atoms with van der Waals surface area (Å²) < 4.78 is 6.06. The SMILES string of the molecule is O=C1SCCC(Nc2ncc(C(=O)NC3C4CC5CC3CC(O)(C5)C4)c(OC3CCC3)n2)C1=O. The lowest BCUT2D eigenvalue weighted by atomic mass is 9.52. The largest absolute Gasteiger partial charge is 0.474 e. The number of Topliss-reactive ketones (excluding diaryl/α,β-unsaturated/α-hetero) is 1. The number of hydrogen-bond donors (Lipinski definition) is 3. The molecular weight excluding hydrogens is 456 g/mol. The van der Waals surface area contributed by atoms with Gasteiger partial charge in [-0.05, 0) is 75.5 Å². The molecule has 9 nitrogen and oxygen atoms in total. The summed E-state index contributed by atoms with van der Waals surface area (Å²) in [7, 11) is 0. The van der Waals surface area contributed by atoms with Gasteiger partial charge in [0.2, 0.25) is 17.6 Å². The van der Waals surface area contributed by atoms with Crippen molar-refractivity contribution in [3.63, 3.8) is 0 Å². The van der Waals surface area contributed by atoms with Gasteiger partial charge in [0.1, 0.15) is 11.7 Å². The molecule has 6 fully saturated rings. The Morgan fingerprint density at radius 2 is 1.91 bits per heavy atom. The first-order valence-electron chi connectivity index (χ1n) is 12.4. The molecule has 1 aliphatic heterocycles. The van der Waals surface area contributed by atoms with E-state index in [1.165, 1.54) is 6.20 Å². The molecule has 1 saturated heterocycles. The maximum atomic E-state index is 13.4. The van der Waals surface area contributed by atoms with Gasteiger partial charge in [-0.1, -0.05) is 11.8 Å². The van der Waals surface area contributed by atoms with Crippen molar-refractivity contribution >= 4 is 34.5 Å². The molecule has 3 N–H and O–H groups in total. The fourth-order valence-corrected chi connectivity index (χ4v) is 7.50. The average Bonchev–Trinajstić information content (AvgIpc) is 2.75. The second kappa shape index (κ2) is 8.48. The highest BCUT2D eigenvalue weighted by molar-refractivity contribution is 8.15. The van der Waals surface area contributed by atoms with Gasteiger partial charge in [-0.15, -0.1) is 0 Å². The van der Waals surface area contributed by atoms with Crippen LogP contribution in [0.2, 0.25) is 0 Å². The van der Waals surface area contributed by atoms with E-state index in [2.05, 4.69) is 20.6 Å². The summed E-state index contributed by atoms with van der Waals surface area (Å²) in [5.41, 5.74) is -0.269. The molecule has 0 spiro atoms. The lowest BCUT2D eigenvalue weighted by Crippen LogP contribution is -2.61. The zero-order chi connectivity index (χ0) is 23.4. The van der Waals surface area contributed by atoms with Crippen LogP contribution in [0.25, 0.3) is 0 Å². The number of nitrogens with zero attached hydrogens (tertiary/aromatic N) is 2. The molecule has 3 atom stereocenters. The first kappa shape index (κ1) is 22.3. The normalized spacial score (nSPS) is 36.8. The highest BCUT2D eigenvalue weighted by Crippen LogP contribution is 2.55. The van der Waals surface area contributed by atoms with E-state index in [-0.39, 0.29) is 35.4 Å². The molecular formula is C24H30N4O5S. The Morgan fingerprint density at radius 3 is 2.59 bits per heavy atom. The number of aliphatic hydroxyl groups is 1. The molecule has 0 aromatic carbocycles. The molecule has 2 heterocycles. The molecule has 1 amide bonds. The molecule has 3 unspecified atom stereocenters. The topological polar surface area (TPSA) is 131 Å². The van der Waals surface area contributed by atoms with Gasteiger partial charge in [0.25, 0.3) is 11.0 Å². The number of anilines is 1. The van der Waals surface area contributed by atoms with E-state index >= 15 is 0 Å². The number of carbonyl (C=O) groups is 3. The number of ether oxygens (including phenoxy) is 1. The summed E-state index contributed by atoms with van der Waals surface area (Å²) in [5, 5.41) is 16.6. The van der Waals surface area contributed by atoms with Gasteiger partial charge >= 0.3 is 0 Å². The molecule has 5 saturated carbocycles. The zero-order valence-electron chi connectivity index (χ0n) is 19.0. The minimum atomic E-state index is -0.663. The van der Waals surface area contributed by atoms with Crippen LogP contribution in [0.15, 0.2) is 6.20 Å². The van der Waals surface area contributed by atoms with Crippen LogP contribution in [-0.4, -0.2) is 61.4 Å². The van der Waals surface area contributed by atoms with Gasteiger partial charge in [-0.25, -0.2) is 4.98 Å². The maximum absolute atomic E-state index is 13.4. The second-order valence-corrected chi connectivity index (χ2v) is 11.8. The second-order valence-electron chi connectivity index (χ2n) is 10.8. The quantitative estimate of drug-likeness (QED) is 0.517. The number of rotatable bonds is 6. The zero-order valence-corrected chi connectivity index (χ0v) is 19.8. The molecule has 4 bridgehead atoms. The van der Waals surface area contributed by atoms with Crippen LogP contribution >= 0.6 is 11.8 Å². The molecule has 0 radical (unpaired) electrons. The third-order valence-corrected chi connectivity index (χ3v) is 9.23. The van der Waals surface area contributed by atoms with Crippen LogP contribution in [0, 0.1) is 17.8 Å². The Hall–Kier alpha value is -2.20. The fourth-order valence-electron chi connectivity index (χ4n) is 6.68. The number of amides is 1. The van der Waals surface area contributed by atoms with Gasteiger partial charge in [0.15, 0.2) is 0 Å². The predicted molar refractivity (Wildman–Crippen MR) is 125 cm³/mol. The van der Waals surface area contributed by atoms with Crippen molar-refractivity contribution in [3.05, 3.63) is 11.8 Å². The van der Waals surface area contributed by atoms with Gasteiger partial charge in [-0.2, -0.15) is 4.98 Å². The van der Waals surface area contributed by atoms with E-state index in [0.29, 0.717) is 29.9 Å². The first-order chi connectivity index (χ1) is 16.4. The van der Waals surface area contributed by atoms with Crippen molar-refractivity contribution in [2.75, 3.05) is 11.1 Å². The lowest BCUT2D eigenvalue weighted by Gasteiger charge is -2.58. The van der Waals surface area contributed by atoms with Crippen molar-refractivity contribution in [3.8, 4) is 5.88 Å². The van der Waals surface area contributed by atoms with E-state index < -0.39 is 22.5 Å². The van der Waals surface area contributed by atoms with Crippen LogP contribution < -0.4 is 15.4 Å². The minimum Gasteiger partial charge on any atom is -0.474 e. The summed E-state index contributed by atoms with van der Waals surface area (Å²) >= 11 is 1.03. The molecule has 1 aromatic heterocycles. The van der Waals surface area contributed by atoms with Crippen molar-refractivity contribution in [2.24, 2.45) is 17.8 Å². The number of carbonyl (C=O) groups excluding carboxylic acids is 3. The number of aromatic nitrogens is 2. The van der Waals surface area contributed by atoms with E-state index in [4.69, 9.17) is 4.74 Å². The average molecular weight is 487 g/mol. The van der Waals surface area contributed by atoms with Crippen LogP contribution in [0.4, 0.5) is 5.95 Å². The Bertz CT molecular complexity index is 1010. The lowest BCUT2D eigenvalue weighted by molar-refractivity contribution is -0.137. The van der Waals surface area contributed by atoms with Crippen molar-refractivity contribution in [1.82, 2.24) is 15.3 Å². The Kier molecular flexibility index (Phi) is 5.55. The summed E-state index contributed by atoms with van der Waals surface area (Å²) in [6, 6.07) is -0.620. The predicted octanol–water partition coefficient (Wildman–Crippen LogP) is 2.09. The summed E-state index contributed by atoms with van der Waals surface area (Å²) in [6.45, 7) is 0. The van der Waals surface area contributed by atoms with Gasteiger partial charge in [0.05, 0.1) is 11.6 Å². The summed E-state index contributed by atoms with van der Waals surface area (Å²) in [5.74, 6) is 1.38. The van der Waals surface area contributed by atoms with Crippen molar-refractivity contribution in [2.45, 2.75) is 81.6 Å². The third-order valence-electron chi connectivity index (χ3n) is 8.33. The van der Waals surface area contributed by atoms with Crippen LogP contribution in [-0.2, 0) is 9.59 Å². The Balaban J connectivity index is 1.20. The molecule has 5 aliphatic carbocycles. The van der Waals surface area contributed by atoms with Crippen LogP contribution in [0.3, 0.4) is 0 Å². The fraction of sp³-hybridized carbons (Fsp3) is 0.708. The van der Waals surface area contributed by atoms with Crippen LogP contribution in [0.1, 0.15) is 68.1 Å². The van der Waals surface area contributed by atoms with Crippen LogP contribution in [0.5, 0.6) is 5.88 Å². The van der Waals surface area contributed by atoms with Gasteiger partial charge < -0.3 is 20.5 Å². The Morgan fingerprint density at radius 1 is 1.15 bits per heavy atom. The molecule has 6 aliphatic rings. The minimum absolute atomic E-state index is 0.0130. The summed E-state index contributed by atoms with van der Waals surface area (Å²) in [6.07, 6.45) is 9.39. The maximum Gasteiger partial charge on any atom is 0.258 e. The molecule has 10 heteroatoms. The van der Waals surface area contributed by atoms with Crippen molar-refractivity contribution < 1.29 is 24.2 Å². The molecule has 1 aromatic rings. The highest BCUT2D eigenvalue weighted by Gasteiger charge is 2.55. The number of nitrogens with one attached hydrogen (secondary N) is 2.